The highest BCUT2D eigenvalue weighted by Gasteiger charge is 2.58. The van der Waals surface area contributed by atoms with Crippen LogP contribution in [-0.2, 0) is 21.6 Å². The SMILES string of the molecule is CCOC(=O)CN(Cc1ccccc1)C(=O)c1ccc(C2(C(F)(F)F)C=CN(C)N2)s1. The van der Waals surface area contributed by atoms with Gasteiger partial charge in [0.1, 0.15) is 6.54 Å². The Morgan fingerprint density at radius 3 is 2.48 bits per heavy atom. The van der Waals surface area contributed by atoms with Crippen LogP contribution < -0.4 is 5.43 Å². The normalized spacial score (nSPS) is 18.3. The Labute approximate surface area is 181 Å². The third kappa shape index (κ3) is 4.91. The van der Waals surface area contributed by atoms with Crippen LogP contribution >= 0.6 is 11.3 Å². The lowest BCUT2D eigenvalue weighted by Gasteiger charge is -2.31. The number of halogens is 3. The third-order valence-electron chi connectivity index (χ3n) is 4.68. The van der Waals surface area contributed by atoms with Crippen LogP contribution in [0.3, 0.4) is 0 Å². The minimum absolute atomic E-state index is 0.0697. The summed E-state index contributed by atoms with van der Waals surface area (Å²) >= 11 is 0.742. The molecule has 2 heterocycles. The van der Waals surface area contributed by atoms with E-state index in [0.717, 1.165) is 23.0 Å². The lowest BCUT2D eigenvalue weighted by atomic mass is 9.98. The maximum absolute atomic E-state index is 13.9. The zero-order chi connectivity index (χ0) is 22.6. The van der Waals surface area contributed by atoms with Gasteiger partial charge in [0, 0.05) is 24.7 Å². The van der Waals surface area contributed by atoms with Crippen LogP contribution in [0.5, 0.6) is 0 Å². The fourth-order valence-electron chi connectivity index (χ4n) is 3.20. The van der Waals surface area contributed by atoms with Crippen molar-refractivity contribution in [3.05, 3.63) is 70.1 Å². The van der Waals surface area contributed by atoms with Gasteiger partial charge in [0.25, 0.3) is 5.91 Å². The van der Waals surface area contributed by atoms with Gasteiger partial charge in [-0.3, -0.25) is 9.59 Å². The van der Waals surface area contributed by atoms with Crippen LogP contribution in [0.1, 0.15) is 27.0 Å². The van der Waals surface area contributed by atoms with E-state index in [9.17, 15) is 22.8 Å². The highest BCUT2D eigenvalue weighted by Crippen LogP contribution is 2.45. The van der Waals surface area contributed by atoms with Gasteiger partial charge in [0.15, 0.2) is 5.54 Å². The lowest BCUT2D eigenvalue weighted by Crippen LogP contribution is -2.52. The summed E-state index contributed by atoms with van der Waals surface area (Å²) in [5, 5.41) is 1.22. The molecule has 2 aromatic rings. The van der Waals surface area contributed by atoms with Gasteiger partial charge in [0.2, 0.25) is 0 Å². The molecule has 1 aliphatic heterocycles. The van der Waals surface area contributed by atoms with E-state index in [1.165, 1.54) is 35.3 Å². The molecule has 1 aromatic heterocycles. The number of thiophene rings is 1. The molecule has 0 radical (unpaired) electrons. The first-order valence-corrected chi connectivity index (χ1v) is 10.3. The number of hydrazine groups is 1. The fraction of sp³-hybridized carbons (Fsp3) is 0.333. The van der Waals surface area contributed by atoms with Gasteiger partial charge in [-0.05, 0) is 30.7 Å². The Morgan fingerprint density at radius 2 is 1.90 bits per heavy atom. The van der Waals surface area contributed by atoms with E-state index in [4.69, 9.17) is 4.74 Å². The van der Waals surface area contributed by atoms with E-state index in [-0.39, 0.29) is 29.5 Å². The van der Waals surface area contributed by atoms with Gasteiger partial charge in [-0.2, -0.15) is 13.2 Å². The predicted molar refractivity (Wildman–Crippen MR) is 110 cm³/mol. The Bertz CT molecular complexity index is 962. The van der Waals surface area contributed by atoms with Crippen molar-refractivity contribution in [1.29, 1.82) is 0 Å². The van der Waals surface area contributed by atoms with E-state index < -0.39 is 23.6 Å². The summed E-state index contributed by atoms with van der Waals surface area (Å²) in [4.78, 5) is 26.5. The van der Waals surface area contributed by atoms with Crippen LogP contribution in [0.2, 0.25) is 0 Å². The molecular weight excluding hydrogens is 431 g/mol. The molecule has 1 atom stereocenters. The molecule has 1 aromatic carbocycles. The maximum atomic E-state index is 13.9. The van der Waals surface area contributed by atoms with Crippen molar-refractivity contribution in [1.82, 2.24) is 15.3 Å². The highest BCUT2D eigenvalue weighted by atomic mass is 32.1. The van der Waals surface area contributed by atoms with Crippen molar-refractivity contribution < 1.29 is 27.5 Å². The lowest BCUT2D eigenvalue weighted by molar-refractivity contribution is -0.190. The molecule has 0 spiro atoms. The van der Waals surface area contributed by atoms with Crippen molar-refractivity contribution in [2.24, 2.45) is 0 Å². The largest absolute Gasteiger partial charge is 0.465 e. The minimum atomic E-state index is -4.62. The number of carbonyl (C=O) groups excluding carboxylic acids is 2. The number of esters is 1. The number of nitrogens with zero attached hydrogens (tertiary/aromatic N) is 2. The average Bonchev–Trinajstić information content (AvgIpc) is 3.35. The van der Waals surface area contributed by atoms with Gasteiger partial charge >= 0.3 is 12.1 Å². The molecule has 0 saturated heterocycles. The topological polar surface area (TPSA) is 61.9 Å². The minimum Gasteiger partial charge on any atom is -0.465 e. The molecule has 0 bridgehead atoms. The summed E-state index contributed by atoms with van der Waals surface area (Å²) in [5.41, 5.74) is 0.779. The second kappa shape index (κ2) is 9.11. The summed E-state index contributed by atoms with van der Waals surface area (Å²) < 4.78 is 46.6. The number of rotatable bonds is 7. The second-order valence-electron chi connectivity index (χ2n) is 6.96. The molecule has 1 aliphatic rings. The van der Waals surface area contributed by atoms with E-state index in [2.05, 4.69) is 5.43 Å². The number of carbonyl (C=O) groups is 2. The van der Waals surface area contributed by atoms with Gasteiger partial charge < -0.3 is 14.6 Å². The number of alkyl halides is 3. The second-order valence-corrected chi connectivity index (χ2v) is 8.04. The Morgan fingerprint density at radius 1 is 1.19 bits per heavy atom. The molecular formula is C21H22F3N3O3S. The van der Waals surface area contributed by atoms with Crippen molar-refractivity contribution >= 4 is 23.2 Å². The van der Waals surface area contributed by atoms with Crippen LogP contribution in [0.15, 0.2) is 54.7 Å². The van der Waals surface area contributed by atoms with Crippen LogP contribution in [0.25, 0.3) is 0 Å². The molecule has 10 heteroatoms. The zero-order valence-electron chi connectivity index (χ0n) is 17.0. The van der Waals surface area contributed by atoms with Crippen molar-refractivity contribution in [2.45, 2.75) is 25.2 Å². The number of hydrogen-bond acceptors (Lipinski definition) is 6. The first-order valence-electron chi connectivity index (χ1n) is 9.52. The summed E-state index contributed by atoms with van der Waals surface area (Å²) in [6, 6.07) is 11.7. The monoisotopic (exact) mass is 453 g/mol. The van der Waals surface area contributed by atoms with E-state index in [0.29, 0.717) is 0 Å². The Hall–Kier alpha value is -2.85. The van der Waals surface area contributed by atoms with Gasteiger partial charge in [0.05, 0.1) is 11.5 Å². The average molecular weight is 453 g/mol. The third-order valence-corrected chi connectivity index (χ3v) is 5.89. The number of amides is 1. The van der Waals surface area contributed by atoms with Gasteiger partial charge in [-0.1, -0.05) is 30.3 Å². The smallest absolute Gasteiger partial charge is 0.416 e. The van der Waals surface area contributed by atoms with Gasteiger partial charge in [-0.25, -0.2) is 5.43 Å². The van der Waals surface area contributed by atoms with Crippen molar-refractivity contribution in [3.8, 4) is 0 Å². The molecule has 0 fully saturated rings. The standard InChI is InChI=1S/C21H22F3N3O3S/c1-3-30-18(28)14-27(13-15-7-5-4-6-8-15)19(29)16-9-10-17(31-16)20(21(22,23)24)11-12-26(2)25-20/h4-12,25H,3,13-14H2,1-2H3. The summed E-state index contributed by atoms with van der Waals surface area (Å²) in [6.45, 7) is 1.63. The molecule has 1 N–H and O–H groups in total. The van der Waals surface area contributed by atoms with E-state index in [1.807, 2.05) is 6.07 Å². The molecule has 1 unspecified atom stereocenters. The van der Waals surface area contributed by atoms with Crippen molar-refractivity contribution in [2.75, 3.05) is 20.2 Å². The molecule has 0 saturated carbocycles. The first-order chi connectivity index (χ1) is 14.7. The molecule has 31 heavy (non-hydrogen) atoms. The number of hydrogen-bond donors (Lipinski definition) is 1. The van der Waals surface area contributed by atoms with E-state index in [1.54, 1.807) is 31.2 Å². The van der Waals surface area contributed by atoms with Crippen LogP contribution in [-0.4, -0.2) is 48.2 Å². The molecule has 6 nitrogen and oxygen atoms in total. The summed E-state index contributed by atoms with van der Waals surface area (Å²) in [5.74, 6) is -1.13. The Kier molecular flexibility index (Phi) is 6.71. The van der Waals surface area contributed by atoms with E-state index >= 15 is 0 Å². The van der Waals surface area contributed by atoms with Crippen LogP contribution in [0.4, 0.5) is 13.2 Å². The number of benzene rings is 1. The maximum Gasteiger partial charge on any atom is 0.416 e. The molecule has 0 aliphatic carbocycles. The van der Waals surface area contributed by atoms with Gasteiger partial charge in [-0.15, -0.1) is 11.3 Å². The quantitative estimate of drug-likeness (QED) is 0.649. The van der Waals surface area contributed by atoms with Crippen LogP contribution in [0, 0.1) is 0 Å². The number of ether oxygens (including phenoxy) is 1. The Balaban J connectivity index is 1.89. The number of nitrogens with one attached hydrogen (secondary N) is 1. The molecule has 1 amide bonds. The fourth-order valence-corrected chi connectivity index (χ4v) is 4.31. The zero-order valence-corrected chi connectivity index (χ0v) is 17.8. The summed E-state index contributed by atoms with van der Waals surface area (Å²) in [7, 11) is 1.46. The first kappa shape index (κ1) is 22.8. The highest BCUT2D eigenvalue weighted by molar-refractivity contribution is 7.14. The molecule has 166 valence electrons. The molecule has 3 rings (SSSR count). The predicted octanol–water partition coefficient (Wildman–Crippen LogP) is 3.67. The summed E-state index contributed by atoms with van der Waals surface area (Å²) in [6.07, 6.45) is -2.31. The van der Waals surface area contributed by atoms with Crippen molar-refractivity contribution in [3.63, 3.8) is 0 Å².